The normalized spacial score (nSPS) is 11.7. The summed E-state index contributed by atoms with van der Waals surface area (Å²) in [5.74, 6) is 1.92. The van der Waals surface area contributed by atoms with Gasteiger partial charge >= 0.3 is 6.03 Å². The molecule has 7 nitrogen and oxygen atoms in total. The van der Waals surface area contributed by atoms with Gasteiger partial charge in [0, 0.05) is 13.1 Å². The van der Waals surface area contributed by atoms with E-state index in [1.165, 1.54) is 0 Å². The van der Waals surface area contributed by atoms with Gasteiger partial charge in [0.25, 0.3) is 0 Å². The van der Waals surface area contributed by atoms with Gasteiger partial charge in [-0.3, -0.25) is 10.00 Å². The number of carbonyl (C=O) groups excluding carboxylic acids is 1. The predicted molar refractivity (Wildman–Crippen MR) is 88.1 cm³/mol. The highest BCUT2D eigenvalue weighted by Crippen LogP contribution is 2.29. The van der Waals surface area contributed by atoms with E-state index in [9.17, 15) is 4.79 Å². The first-order valence-electron chi connectivity index (χ1n) is 7.24. The first-order valence-corrected chi connectivity index (χ1v) is 7.24. The molecular weight excluding hydrogens is 296 g/mol. The average molecular weight is 318 g/mol. The van der Waals surface area contributed by atoms with Crippen molar-refractivity contribution in [1.82, 2.24) is 15.1 Å². The fourth-order valence-electron chi connectivity index (χ4n) is 2.28. The molecule has 0 spiro atoms. The summed E-state index contributed by atoms with van der Waals surface area (Å²) < 4.78 is 12.1. The van der Waals surface area contributed by atoms with Gasteiger partial charge in [0.1, 0.15) is 5.82 Å². The van der Waals surface area contributed by atoms with Crippen molar-refractivity contribution in [3.8, 4) is 11.5 Å². The molecule has 7 heteroatoms. The molecule has 1 atom stereocenters. The van der Waals surface area contributed by atoms with E-state index >= 15 is 0 Å². The van der Waals surface area contributed by atoms with E-state index in [2.05, 4.69) is 15.7 Å². The van der Waals surface area contributed by atoms with Crippen LogP contribution in [0, 0.1) is 6.92 Å². The lowest BCUT2D eigenvalue weighted by atomic mass is 10.1. The summed E-state index contributed by atoms with van der Waals surface area (Å²) in [7, 11) is 4.94. The number of hydrogen-bond acceptors (Lipinski definition) is 4. The second kappa shape index (κ2) is 7.04. The smallest absolute Gasteiger partial charge is 0.320 e. The van der Waals surface area contributed by atoms with Crippen LogP contribution in [0.25, 0.3) is 0 Å². The van der Waals surface area contributed by atoms with Crippen molar-refractivity contribution < 1.29 is 14.3 Å². The number of ether oxygens (including phenoxy) is 2. The largest absolute Gasteiger partial charge is 0.493 e. The van der Waals surface area contributed by atoms with Gasteiger partial charge in [-0.25, -0.2) is 4.79 Å². The number of methoxy groups -OCH3 is 2. The fraction of sp³-hybridized carbons (Fsp3) is 0.375. The maximum absolute atomic E-state index is 12.1. The molecule has 0 aliphatic carbocycles. The van der Waals surface area contributed by atoms with Crippen LogP contribution in [0.2, 0.25) is 0 Å². The van der Waals surface area contributed by atoms with E-state index < -0.39 is 0 Å². The van der Waals surface area contributed by atoms with Crippen molar-refractivity contribution in [3.63, 3.8) is 0 Å². The van der Waals surface area contributed by atoms with E-state index in [1.54, 1.807) is 32.0 Å². The second-order valence-corrected chi connectivity index (χ2v) is 5.23. The Kier molecular flexibility index (Phi) is 5.10. The number of amides is 2. The maximum Gasteiger partial charge on any atom is 0.320 e. The number of aromatic nitrogens is 2. The lowest BCUT2D eigenvalue weighted by Crippen LogP contribution is -2.31. The summed E-state index contributed by atoms with van der Waals surface area (Å²) in [4.78, 5) is 12.1. The zero-order valence-electron chi connectivity index (χ0n) is 14.0. The number of nitrogens with one attached hydrogen (secondary N) is 2. The van der Waals surface area contributed by atoms with E-state index in [4.69, 9.17) is 9.47 Å². The molecule has 0 aliphatic heterocycles. The molecule has 0 bridgehead atoms. The van der Waals surface area contributed by atoms with Crippen LogP contribution in [-0.2, 0) is 7.05 Å². The predicted octanol–water partition coefficient (Wildman–Crippen LogP) is 2.63. The zero-order chi connectivity index (χ0) is 17.0. The molecule has 1 unspecified atom stereocenters. The van der Waals surface area contributed by atoms with Crippen molar-refractivity contribution in [2.24, 2.45) is 7.05 Å². The van der Waals surface area contributed by atoms with Crippen LogP contribution in [0.1, 0.15) is 24.2 Å². The molecule has 0 saturated heterocycles. The first-order chi connectivity index (χ1) is 10.9. The fourth-order valence-corrected chi connectivity index (χ4v) is 2.28. The SMILES string of the molecule is COc1ccc(C(C)NC(=O)Nc2cc(C)nn2C)cc1OC. The molecule has 2 N–H and O–H groups in total. The van der Waals surface area contributed by atoms with E-state index in [0.29, 0.717) is 17.3 Å². The molecule has 0 fully saturated rings. The Morgan fingerprint density at radius 3 is 2.48 bits per heavy atom. The monoisotopic (exact) mass is 318 g/mol. The van der Waals surface area contributed by atoms with Crippen LogP contribution in [0.15, 0.2) is 24.3 Å². The van der Waals surface area contributed by atoms with Gasteiger partial charge in [0.2, 0.25) is 0 Å². The highest BCUT2D eigenvalue weighted by Gasteiger charge is 2.14. The average Bonchev–Trinajstić information content (AvgIpc) is 2.83. The maximum atomic E-state index is 12.1. The Morgan fingerprint density at radius 1 is 1.22 bits per heavy atom. The molecular formula is C16H22N4O3. The second-order valence-electron chi connectivity index (χ2n) is 5.23. The van der Waals surface area contributed by atoms with Crippen molar-refractivity contribution in [2.75, 3.05) is 19.5 Å². The molecule has 124 valence electrons. The van der Waals surface area contributed by atoms with Gasteiger partial charge in [-0.1, -0.05) is 6.07 Å². The van der Waals surface area contributed by atoms with Gasteiger partial charge in [0.05, 0.1) is 26.0 Å². The number of rotatable bonds is 5. The van der Waals surface area contributed by atoms with E-state index in [1.807, 2.05) is 32.0 Å². The Hall–Kier alpha value is -2.70. The number of aryl methyl sites for hydroxylation is 2. The van der Waals surface area contributed by atoms with Crippen LogP contribution >= 0.6 is 0 Å². The third-order valence-electron chi connectivity index (χ3n) is 3.50. The summed E-state index contributed by atoms with van der Waals surface area (Å²) in [6.45, 7) is 3.77. The third kappa shape index (κ3) is 3.94. The molecule has 0 saturated carbocycles. The van der Waals surface area contributed by atoms with E-state index in [-0.39, 0.29) is 12.1 Å². The van der Waals surface area contributed by atoms with Crippen molar-refractivity contribution in [3.05, 3.63) is 35.5 Å². The Bertz CT molecular complexity index is 697. The lowest BCUT2D eigenvalue weighted by molar-refractivity contribution is 0.249. The van der Waals surface area contributed by atoms with Crippen molar-refractivity contribution in [2.45, 2.75) is 19.9 Å². The van der Waals surface area contributed by atoms with Gasteiger partial charge in [-0.15, -0.1) is 0 Å². The van der Waals surface area contributed by atoms with E-state index in [0.717, 1.165) is 11.3 Å². The molecule has 1 aromatic heterocycles. The Labute approximate surface area is 135 Å². The topological polar surface area (TPSA) is 77.4 Å². The molecule has 2 aromatic rings. The lowest BCUT2D eigenvalue weighted by Gasteiger charge is -2.17. The van der Waals surface area contributed by atoms with Gasteiger partial charge < -0.3 is 14.8 Å². The molecule has 23 heavy (non-hydrogen) atoms. The Balaban J connectivity index is 2.05. The molecule has 0 aliphatic rings. The van der Waals surface area contributed by atoms with Gasteiger partial charge in [-0.2, -0.15) is 5.10 Å². The minimum absolute atomic E-state index is 0.191. The molecule has 2 rings (SSSR count). The molecule has 1 aromatic carbocycles. The molecule has 2 amide bonds. The van der Waals surface area contributed by atoms with Gasteiger partial charge in [-0.05, 0) is 31.5 Å². The van der Waals surface area contributed by atoms with Gasteiger partial charge in [0.15, 0.2) is 11.5 Å². The minimum Gasteiger partial charge on any atom is -0.493 e. The minimum atomic E-state index is -0.296. The molecule has 1 heterocycles. The highest BCUT2D eigenvalue weighted by molar-refractivity contribution is 5.88. The summed E-state index contributed by atoms with van der Waals surface area (Å²) >= 11 is 0. The summed E-state index contributed by atoms with van der Waals surface area (Å²) in [5, 5.41) is 9.85. The number of nitrogens with zero attached hydrogens (tertiary/aromatic N) is 2. The quantitative estimate of drug-likeness (QED) is 0.888. The number of anilines is 1. The number of benzene rings is 1. The summed E-state index contributed by atoms with van der Waals surface area (Å²) in [6.07, 6.45) is 0. The van der Waals surface area contributed by atoms with Crippen molar-refractivity contribution in [1.29, 1.82) is 0 Å². The van der Waals surface area contributed by atoms with Crippen molar-refractivity contribution >= 4 is 11.8 Å². The number of urea groups is 1. The van der Waals surface area contributed by atoms with Crippen LogP contribution < -0.4 is 20.1 Å². The standard InChI is InChI=1S/C16H22N4O3/c1-10-8-15(20(3)19-10)18-16(21)17-11(2)12-6-7-13(22-4)14(9-12)23-5/h6-9,11H,1-5H3,(H2,17,18,21). The first kappa shape index (κ1) is 16.7. The summed E-state index contributed by atoms with van der Waals surface area (Å²) in [6, 6.07) is 6.87. The number of hydrogen-bond donors (Lipinski definition) is 2. The Morgan fingerprint density at radius 2 is 1.91 bits per heavy atom. The van der Waals surface area contributed by atoms with Crippen LogP contribution in [0.5, 0.6) is 11.5 Å². The molecule has 0 radical (unpaired) electrons. The van der Waals surface area contributed by atoms with Crippen LogP contribution in [-0.4, -0.2) is 30.0 Å². The number of carbonyl (C=O) groups is 1. The van der Waals surface area contributed by atoms with Crippen LogP contribution in [0.4, 0.5) is 10.6 Å². The van der Waals surface area contributed by atoms with Crippen LogP contribution in [0.3, 0.4) is 0 Å². The summed E-state index contributed by atoms with van der Waals surface area (Å²) in [5.41, 5.74) is 1.76. The zero-order valence-corrected chi connectivity index (χ0v) is 14.0. The highest BCUT2D eigenvalue weighted by atomic mass is 16.5. The third-order valence-corrected chi connectivity index (χ3v) is 3.50.